The summed E-state index contributed by atoms with van der Waals surface area (Å²) in [5.41, 5.74) is 3.26. The number of aromatic amines is 1. The summed E-state index contributed by atoms with van der Waals surface area (Å²) in [4.78, 5) is 28.3. The number of carbonyl (C=O) groups excluding carboxylic acids is 1. The van der Waals surface area contributed by atoms with Crippen LogP contribution < -0.4 is 10.9 Å². The first-order valence-electron chi connectivity index (χ1n) is 6.67. The Hall–Kier alpha value is -2.08. The van der Waals surface area contributed by atoms with Gasteiger partial charge < -0.3 is 15.2 Å². The molecule has 0 aliphatic rings. The van der Waals surface area contributed by atoms with Gasteiger partial charge in [0.25, 0.3) is 5.56 Å². The van der Waals surface area contributed by atoms with Crippen molar-refractivity contribution >= 4 is 17.4 Å². The Morgan fingerprint density at radius 1 is 1.43 bits per heavy atom. The lowest BCUT2D eigenvalue weighted by Crippen LogP contribution is -2.37. The highest BCUT2D eigenvalue weighted by molar-refractivity contribution is 7.07. The molecule has 112 valence electrons. The number of carbonyl (C=O) groups is 1. The van der Waals surface area contributed by atoms with Gasteiger partial charge in [0.1, 0.15) is 0 Å². The summed E-state index contributed by atoms with van der Waals surface area (Å²) in [5.74, 6) is 0. The van der Waals surface area contributed by atoms with Crippen molar-refractivity contribution in [2.24, 2.45) is 0 Å². The van der Waals surface area contributed by atoms with Crippen LogP contribution in [0.3, 0.4) is 0 Å². The molecule has 2 heterocycles. The van der Waals surface area contributed by atoms with Crippen molar-refractivity contribution in [2.75, 3.05) is 7.05 Å². The van der Waals surface area contributed by atoms with Crippen LogP contribution in [-0.2, 0) is 13.1 Å². The highest BCUT2D eigenvalue weighted by atomic mass is 32.1. The Balaban J connectivity index is 1.96. The third-order valence-corrected chi connectivity index (χ3v) is 3.99. The quantitative estimate of drug-likeness (QED) is 0.911. The predicted octanol–water partition coefficient (Wildman–Crippen LogP) is 2.39. The van der Waals surface area contributed by atoms with Crippen LogP contribution in [0.2, 0.25) is 0 Å². The van der Waals surface area contributed by atoms with Gasteiger partial charge in [-0.1, -0.05) is 0 Å². The maximum absolute atomic E-state index is 12.0. The van der Waals surface area contributed by atoms with Gasteiger partial charge >= 0.3 is 6.03 Å². The normalized spacial score (nSPS) is 10.4. The molecule has 2 rings (SSSR count). The molecule has 0 saturated heterocycles. The minimum atomic E-state index is -0.194. The van der Waals surface area contributed by atoms with Crippen LogP contribution in [0, 0.1) is 13.8 Å². The standard InChI is InChI=1S/C15H19N3O2S/c1-10-6-11(2)17-14(19)13(10)7-16-15(20)18(3)8-12-4-5-21-9-12/h4-6,9H,7-8H2,1-3H3,(H,16,20)(H,17,19). The summed E-state index contributed by atoms with van der Waals surface area (Å²) in [6.45, 7) is 4.50. The molecule has 6 heteroatoms. The highest BCUT2D eigenvalue weighted by Gasteiger charge is 2.11. The number of amides is 2. The number of thiophene rings is 1. The zero-order chi connectivity index (χ0) is 15.4. The van der Waals surface area contributed by atoms with E-state index in [0.29, 0.717) is 12.1 Å². The number of rotatable bonds is 4. The number of aryl methyl sites for hydroxylation is 2. The third-order valence-electron chi connectivity index (χ3n) is 3.26. The second-order valence-electron chi connectivity index (χ2n) is 5.09. The molecule has 21 heavy (non-hydrogen) atoms. The molecule has 0 aromatic carbocycles. The van der Waals surface area contributed by atoms with E-state index >= 15 is 0 Å². The van der Waals surface area contributed by atoms with Gasteiger partial charge in [-0.3, -0.25) is 4.79 Å². The molecule has 2 aromatic rings. The van der Waals surface area contributed by atoms with Gasteiger partial charge in [0.15, 0.2) is 0 Å². The SMILES string of the molecule is Cc1cc(C)c(CNC(=O)N(C)Cc2ccsc2)c(=O)[nH]1. The molecule has 2 N–H and O–H groups in total. The summed E-state index contributed by atoms with van der Waals surface area (Å²) in [7, 11) is 1.74. The molecule has 0 aliphatic carbocycles. The minimum Gasteiger partial charge on any atom is -0.334 e. The molecule has 0 aliphatic heterocycles. The van der Waals surface area contributed by atoms with E-state index in [1.807, 2.05) is 36.7 Å². The van der Waals surface area contributed by atoms with Crippen LogP contribution in [0.4, 0.5) is 4.79 Å². The monoisotopic (exact) mass is 305 g/mol. The lowest BCUT2D eigenvalue weighted by molar-refractivity contribution is 0.206. The summed E-state index contributed by atoms with van der Waals surface area (Å²) in [5, 5.41) is 6.78. The third kappa shape index (κ3) is 3.95. The Morgan fingerprint density at radius 3 is 2.81 bits per heavy atom. The number of aromatic nitrogens is 1. The largest absolute Gasteiger partial charge is 0.334 e. The van der Waals surface area contributed by atoms with Gasteiger partial charge in [-0.2, -0.15) is 11.3 Å². The van der Waals surface area contributed by atoms with Crippen molar-refractivity contribution in [1.82, 2.24) is 15.2 Å². The van der Waals surface area contributed by atoms with Crippen LogP contribution >= 0.6 is 11.3 Å². The smallest absolute Gasteiger partial charge is 0.317 e. The van der Waals surface area contributed by atoms with Crippen LogP contribution in [0.25, 0.3) is 0 Å². The zero-order valence-corrected chi connectivity index (χ0v) is 13.2. The molecule has 0 fully saturated rings. The number of hydrogen-bond donors (Lipinski definition) is 2. The molecular weight excluding hydrogens is 286 g/mol. The molecule has 0 spiro atoms. The van der Waals surface area contributed by atoms with Crippen molar-refractivity contribution in [3.8, 4) is 0 Å². The van der Waals surface area contributed by atoms with Crippen molar-refractivity contribution in [2.45, 2.75) is 26.9 Å². The van der Waals surface area contributed by atoms with Gasteiger partial charge in [0, 0.05) is 24.8 Å². The molecule has 0 atom stereocenters. The molecule has 0 saturated carbocycles. The first-order valence-corrected chi connectivity index (χ1v) is 7.61. The lowest BCUT2D eigenvalue weighted by Gasteiger charge is -2.17. The van der Waals surface area contributed by atoms with Crippen LogP contribution in [0.5, 0.6) is 0 Å². The predicted molar refractivity (Wildman–Crippen MR) is 84.6 cm³/mol. The Bertz CT molecular complexity index is 677. The fourth-order valence-corrected chi connectivity index (χ4v) is 2.79. The number of pyridine rings is 1. The number of urea groups is 1. The maximum atomic E-state index is 12.0. The maximum Gasteiger partial charge on any atom is 0.317 e. The minimum absolute atomic E-state index is 0.145. The Labute approximate surface area is 127 Å². The summed E-state index contributed by atoms with van der Waals surface area (Å²) >= 11 is 1.60. The first-order chi connectivity index (χ1) is 9.97. The average molecular weight is 305 g/mol. The van der Waals surface area contributed by atoms with E-state index in [-0.39, 0.29) is 18.1 Å². The van der Waals surface area contributed by atoms with Crippen LogP contribution in [0.1, 0.15) is 22.4 Å². The van der Waals surface area contributed by atoms with E-state index in [1.54, 1.807) is 23.3 Å². The van der Waals surface area contributed by atoms with Gasteiger partial charge in [-0.05, 0) is 47.9 Å². The zero-order valence-electron chi connectivity index (χ0n) is 12.4. The average Bonchev–Trinajstić information content (AvgIpc) is 2.89. The Kier molecular flexibility index (Phi) is 4.80. The molecule has 2 aromatic heterocycles. The molecular formula is C15H19N3O2S. The summed E-state index contributed by atoms with van der Waals surface area (Å²) in [6.07, 6.45) is 0. The van der Waals surface area contributed by atoms with Crippen molar-refractivity contribution in [3.63, 3.8) is 0 Å². The molecule has 0 radical (unpaired) electrons. The number of nitrogens with zero attached hydrogens (tertiary/aromatic N) is 1. The first kappa shape index (κ1) is 15.3. The van der Waals surface area contributed by atoms with E-state index in [4.69, 9.17) is 0 Å². The highest BCUT2D eigenvalue weighted by Crippen LogP contribution is 2.08. The number of hydrogen-bond acceptors (Lipinski definition) is 3. The van der Waals surface area contributed by atoms with E-state index < -0.39 is 0 Å². The van der Waals surface area contributed by atoms with Gasteiger partial charge in [0.05, 0.1) is 6.54 Å². The van der Waals surface area contributed by atoms with Gasteiger partial charge in [-0.25, -0.2) is 4.79 Å². The summed E-state index contributed by atoms with van der Waals surface area (Å²) < 4.78 is 0. The van der Waals surface area contributed by atoms with E-state index in [0.717, 1.165) is 16.8 Å². The van der Waals surface area contributed by atoms with E-state index in [9.17, 15) is 9.59 Å². The lowest BCUT2D eigenvalue weighted by atomic mass is 10.1. The molecule has 5 nitrogen and oxygen atoms in total. The van der Waals surface area contributed by atoms with Crippen molar-refractivity contribution < 1.29 is 4.79 Å². The second kappa shape index (κ2) is 6.58. The summed E-state index contributed by atoms with van der Waals surface area (Å²) in [6, 6.07) is 3.70. The van der Waals surface area contributed by atoms with Gasteiger partial charge in [-0.15, -0.1) is 0 Å². The van der Waals surface area contributed by atoms with E-state index in [1.165, 1.54) is 0 Å². The fraction of sp³-hybridized carbons (Fsp3) is 0.333. The molecule has 2 amide bonds. The fourth-order valence-electron chi connectivity index (χ4n) is 2.13. The molecule has 0 unspecified atom stereocenters. The molecule has 0 bridgehead atoms. The number of H-pyrrole nitrogens is 1. The topological polar surface area (TPSA) is 65.2 Å². The van der Waals surface area contributed by atoms with Crippen molar-refractivity contribution in [1.29, 1.82) is 0 Å². The van der Waals surface area contributed by atoms with E-state index in [2.05, 4.69) is 10.3 Å². The van der Waals surface area contributed by atoms with Gasteiger partial charge in [0.2, 0.25) is 0 Å². The Morgan fingerprint density at radius 2 is 2.19 bits per heavy atom. The second-order valence-corrected chi connectivity index (χ2v) is 5.87. The van der Waals surface area contributed by atoms with Crippen LogP contribution in [-0.4, -0.2) is 23.0 Å². The van der Waals surface area contributed by atoms with Crippen LogP contribution in [0.15, 0.2) is 27.7 Å². The van der Waals surface area contributed by atoms with Crippen molar-refractivity contribution in [3.05, 3.63) is 55.6 Å². The number of nitrogens with one attached hydrogen (secondary N) is 2.